The van der Waals surface area contributed by atoms with Crippen molar-refractivity contribution in [1.82, 2.24) is 4.98 Å². The second kappa shape index (κ2) is 6.29. The van der Waals surface area contributed by atoms with Gasteiger partial charge >= 0.3 is 0 Å². The average Bonchev–Trinajstić information content (AvgIpc) is 2.88. The fourth-order valence-electron chi connectivity index (χ4n) is 1.93. The van der Waals surface area contributed by atoms with Crippen LogP contribution in [-0.4, -0.2) is 23.0 Å². The van der Waals surface area contributed by atoms with Crippen LogP contribution in [0.2, 0.25) is 0 Å². The lowest BCUT2D eigenvalue weighted by molar-refractivity contribution is -0.139. The van der Waals surface area contributed by atoms with Gasteiger partial charge in [0.05, 0.1) is 12.1 Å². The van der Waals surface area contributed by atoms with E-state index in [1.807, 2.05) is 56.5 Å². The highest BCUT2D eigenvalue weighted by Crippen LogP contribution is 2.23. The summed E-state index contributed by atoms with van der Waals surface area (Å²) in [5.74, 6) is 0.0633. The molecule has 0 aliphatic carbocycles. The molecule has 1 aromatic heterocycles. The molecule has 0 amide bonds. The lowest BCUT2D eigenvalue weighted by Gasteiger charge is -2.22. The van der Waals surface area contributed by atoms with Crippen molar-refractivity contribution in [2.75, 3.05) is 6.61 Å². The van der Waals surface area contributed by atoms with Crippen LogP contribution in [0.25, 0.3) is 11.3 Å². The highest BCUT2D eigenvalue weighted by molar-refractivity contribution is 7.10. The number of carbonyl (C=O) groups is 1. The van der Waals surface area contributed by atoms with Gasteiger partial charge in [-0.3, -0.25) is 4.79 Å². The third-order valence-electron chi connectivity index (χ3n) is 3.11. The summed E-state index contributed by atoms with van der Waals surface area (Å²) in [7, 11) is 0. The van der Waals surface area contributed by atoms with Crippen molar-refractivity contribution in [2.24, 2.45) is 0 Å². The van der Waals surface area contributed by atoms with E-state index in [0.29, 0.717) is 13.0 Å². The molecule has 4 heteroatoms. The number of hydrogen-bond donors (Lipinski definition) is 0. The Hall–Kier alpha value is -1.52. The van der Waals surface area contributed by atoms with Crippen molar-refractivity contribution < 1.29 is 9.53 Å². The van der Waals surface area contributed by atoms with Gasteiger partial charge < -0.3 is 4.74 Å². The molecule has 106 valence electrons. The summed E-state index contributed by atoms with van der Waals surface area (Å²) in [6.45, 7) is 6.05. The third-order valence-corrected chi connectivity index (χ3v) is 3.96. The maximum Gasteiger partial charge on any atom is 0.170 e. The van der Waals surface area contributed by atoms with Gasteiger partial charge in [0, 0.05) is 17.6 Å². The molecule has 0 aliphatic rings. The molecule has 0 fully saturated rings. The Morgan fingerprint density at radius 3 is 2.65 bits per heavy atom. The van der Waals surface area contributed by atoms with Gasteiger partial charge in [-0.05, 0) is 20.8 Å². The van der Waals surface area contributed by atoms with Crippen molar-refractivity contribution in [3.05, 3.63) is 40.7 Å². The number of rotatable bonds is 6. The molecule has 0 radical (unpaired) electrons. The summed E-state index contributed by atoms with van der Waals surface area (Å²) >= 11 is 1.52. The Balaban J connectivity index is 2.09. The molecule has 0 saturated heterocycles. The van der Waals surface area contributed by atoms with E-state index in [0.717, 1.165) is 16.3 Å². The largest absolute Gasteiger partial charge is 0.368 e. The van der Waals surface area contributed by atoms with E-state index >= 15 is 0 Å². The highest BCUT2D eigenvalue weighted by atomic mass is 32.1. The molecular weight excluding hydrogens is 270 g/mol. The molecule has 0 bridgehead atoms. The molecule has 0 saturated carbocycles. The van der Waals surface area contributed by atoms with Gasteiger partial charge in [0.1, 0.15) is 10.6 Å². The monoisotopic (exact) mass is 289 g/mol. The van der Waals surface area contributed by atoms with Crippen LogP contribution >= 0.6 is 11.3 Å². The predicted molar refractivity (Wildman–Crippen MR) is 82.0 cm³/mol. The Kier molecular flexibility index (Phi) is 4.68. The van der Waals surface area contributed by atoms with Crippen LogP contribution in [0.15, 0.2) is 35.7 Å². The van der Waals surface area contributed by atoms with Crippen molar-refractivity contribution in [3.63, 3.8) is 0 Å². The normalized spacial score (nSPS) is 11.6. The second-order valence-electron chi connectivity index (χ2n) is 5.04. The molecule has 1 aromatic carbocycles. The summed E-state index contributed by atoms with van der Waals surface area (Å²) in [5.41, 5.74) is 1.26. The van der Waals surface area contributed by atoms with E-state index in [9.17, 15) is 4.79 Å². The molecule has 2 rings (SSSR count). The minimum Gasteiger partial charge on any atom is -0.368 e. The number of nitrogens with zero attached hydrogens (tertiary/aromatic N) is 1. The number of carbonyl (C=O) groups excluding carboxylic acids is 1. The van der Waals surface area contributed by atoms with E-state index in [1.54, 1.807) is 0 Å². The SMILES string of the molecule is CCOC(C)(C)C(=O)Cc1nc(-c2ccccc2)cs1. The van der Waals surface area contributed by atoms with Gasteiger partial charge in [-0.1, -0.05) is 30.3 Å². The van der Waals surface area contributed by atoms with Crippen molar-refractivity contribution in [3.8, 4) is 11.3 Å². The van der Waals surface area contributed by atoms with Crippen LogP contribution in [-0.2, 0) is 16.0 Å². The first kappa shape index (κ1) is 14.9. The number of ketones is 1. The minimum atomic E-state index is -0.743. The second-order valence-corrected chi connectivity index (χ2v) is 5.98. The molecule has 20 heavy (non-hydrogen) atoms. The quantitative estimate of drug-likeness (QED) is 0.813. The lowest BCUT2D eigenvalue weighted by Crippen LogP contribution is -2.36. The third kappa shape index (κ3) is 3.52. The summed E-state index contributed by atoms with van der Waals surface area (Å²) in [5, 5.41) is 2.83. The smallest absolute Gasteiger partial charge is 0.170 e. The first-order valence-electron chi connectivity index (χ1n) is 6.70. The van der Waals surface area contributed by atoms with Crippen LogP contribution in [0.1, 0.15) is 25.8 Å². The summed E-state index contributed by atoms with van der Waals surface area (Å²) in [4.78, 5) is 16.7. The maximum atomic E-state index is 12.2. The fraction of sp³-hybridized carbons (Fsp3) is 0.375. The summed E-state index contributed by atoms with van der Waals surface area (Å²) in [6, 6.07) is 9.98. The standard InChI is InChI=1S/C16H19NO2S/c1-4-19-16(2,3)14(18)10-15-17-13(11-20-15)12-8-6-5-7-9-12/h5-9,11H,4,10H2,1-3H3. The molecule has 3 nitrogen and oxygen atoms in total. The number of aromatic nitrogens is 1. The van der Waals surface area contributed by atoms with E-state index in [1.165, 1.54) is 11.3 Å². The van der Waals surface area contributed by atoms with E-state index in [2.05, 4.69) is 4.98 Å². The zero-order chi connectivity index (χ0) is 14.6. The van der Waals surface area contributed by atoms with Gasteiger partial charge in [0.15, 0.2) is 5.78 Å². The first-order valence-corrected chi connectivity index (χ1v) is 7.58. The number of thiazole rings is 1. The molecule has 0 aliphatic heterocycles. The molecule has 2 aromatic rings. The highest BCUT2D eigenvalue weighted by Gasteiger charge is 2.28. The van der Waals surface area contributed by atoms with E-state index < -0.39 is 5.60 Å². The van der Waals surface area contributed by atoms with E-state index in [4.69, 9.17) is 4.74 Å². The number of ether oxygens (including phenoxy) is 1. The minimum absolute atomic E-state index is 0.0633. The van der Waals surface area contributed by atoms with Gasteiger partial charge in [-0.2, -0.15) is 0 Å². The van der Waals surface area contributed by atoms with Crippen LogP contribution in [0.3, 0.4) is 0 Å². The van der Waals surface area contributed by atoms with Gasteiger partial charge in [0.25, 0.3) is 0 Å². The maximum absolute atomic E-state index is 12.2. The van der Waals surface area contributed by atoms with Crippen LogP contribution in [0.5, 0.6) is 0 Å². The molecule has 1 heterocycles. The van der Waals surface area contributed by atoms with Crippen molar-refractivity contribution >= 4 is 17.1 Å². The molecule has 0 atom stereocenters. The Bertz CT molecular complexity index is 575. The average molecular weight is 289 g/mol. The van der Waals surface area contributed by atoms with Crippen LogP contribution in [0.4, 0.5) is 0 Å². The van der Waals surface area contributed by atoms with Crippen LogP contribution in [0, 0.1) is 0 Å². The molecular formula is C16H19NO2S. The van der Waals surface area contributed by atoms with Gasteiger partial charge in [0.2, 0.25) is 0 Å². The van der Waals surface area contributed by atoms with Gasteiger partial charge in [-0.15, -0.1) is 11.3 Å². The zero-order valence-corrected chi connectivity index (χ0v) is 12.9. The van der Waals surface area contributed by atoms with Gasteiger partial charge in [-0.25, -0.2) is 4.98 Å². The first-order chi connectivity index (χ1) is 9.53. The van der Waals surface area contributed by atoms with Crippen molar-refractivity contribution in [1.29, 1.82) is 0 Å². The molecule has 0 spiro atoms. The van der Waals surface area contributed by atoms with Crippen LogP contribution < -0.4 is 0 Å². The summed E-state index contributed by atoms with van der Waals surface area (Å²) in [6.07, 6.45) is 0.324. The number of hydrogen-bond acceptors (Lipinski definition) is 4. The Labute approximate surface area is 123 Å². The molecule has 0 N–H and O–H groups in total. The molecule has 0 unspecified atom stereocenters. The van der Waals surface area contributed by atoms with E-state index in [-0.39, 0.29) is 5.78 Å². The number of benzene rings is 1. The van der Waals surface area contributed by atoms with Crippen molar-refractivity contribution in [2.45, 2.75) is 32.8 Å². The number of Topliss-reactive ketones (excluding diaryl/α,β-unsaturated/α-hetero) is 1. The fourth-order valence-corrected chi connectivity index (χ4v) is 2.73. The summed E-state index contributed by atoms with van der Waals surface area (Å²) < 4.78 is 5.48. The topological polar surface area (TPSA) is 39.2 Å². The Morgan fingerprint density at radius 2 is 2.00 bits per heavy atom. The predicted octanol–water partition coefficient (Wildman–Crippen LogP) is 3.74. The Morgan fingerprint density at radius 1 is 1.30 bits per heavy atom. The zero-order valence-electron chi connectivity index (χ0n) is 12.1. The lowest BCUT2D eigenvalue weighted by atomic mass is 10.0.